The number of carbonyl (C=O) groups is 1. The third kappa shape index (κ3) is 4.94. The van der Waals surface area contributed by atoms with E-state index in [1.54, 1.807) is 6.08 Å². The molecule has 22 heavy (non-hydrogen) atoms. The number of nitrogens with one attached hydrogen (secondary N) is 3. The highest BCUT2D eigenvalue weighted by Crippen LogP contribution is 2.21. The Morgan fingerprint density at radius 2 is 2.09 bits per heavy atom. The van der Waals surface area contributed by atoms with Crippen LogP contribution in [0.4, 0.5) is 0 Å². The highest BCUT2D eigenvalue weighted by Gasteiger charge is 2.09. The van der Waals surface area contributed by atoms with Crippen molar-refractivity contribution in [3.05, 3.63) is 53.4 Å². The van der Waals surface area contributed by atoms with Crippen LogP contribution in [0.3, 0.4) is 0 Å². The van der Waals surface area contributed by atoms with Gasteiger partial charge in [0.2, 0.25) is 5.91 Å². The van der Waals surface area contributed by atoms with Gasteiger partial charge in [-0.05, 0) is 12.2 Å². The van der Waals surface area contributed by atoms with E-state index in [1.165, 1.54) is 11.3 Å². The molecule has 0 spiro atoms. The maximum absolute atomic E-state index is 11.8. The fourth-order valence-electron chi connectivity index (χ4n) is 1.65. The Morgan fingerprint density at radius 1 is 1.32 bits per heavy atom. The van der Waals surface area contributed by atoms with E-state index in [4.69, 9.17) is 12.2 Å². The number of hydrogen-bond acceptors (Lipinski definition) is 4. The Morgan fingerprint density at radius 3 is 2.82 bits per heavy atom. The van der Waals surface area contributed by atoms with Gasteiger partial charge in [0.1, 0.15) is 5.01 Å². The highest BCUT2D eigenvalue weighted by atomic mass is 32.1. The molecule has 0 saturated carbocycles. The molecule has 0 aliphatic rings. The smallest absolute Gasteiger partial charge is 0.245 e. The molecule has 0 atom stereocenters. The molecule has 0 unspecified atom stereocenters. The normalized spacial score (nSPS) is 9.82. The van der Waals surface area contributed by atoms with Gasteiger partial charge in [-0.1, -0.05) is 36.4 Å². The lowest BCUT2D eigenvalue weighted by Gasteiger charge is -2.09. The molecule has 0 fully saturated rings. The van der Waals surface area contributed by atoms with Crippen LogP contribution in [0.1, 0.15) is 5.01 Å². The second-order valence-corrected chi connectivity index (χ2v) is 5.69. The molecule has 0 aliphatic heterocycles. The molecule has 1 heterocycles. The van der Waals surface area contributed by atoms with Gasteiger partial charge in [-0.3, -0.25) is 15.6 Å². The van der Waals surface area contributed by atoms with E-state index in [9.17, 15) is 4.79 Å². The minimum atomic E-state index is -0.197. The quantitative estimate of drug-likeness (QED) is 0.444. The van der Waals surface area contributed by atoms with Crippen LogP contribution in [0.2, 0.25) is 0 Å². The average Bonchev–Trinajstić information content (AvgIpc) is 3.00. The number of amides is 1. The summed E-state index contributed by atoms with van der Waals surface area (Å²) in [5.41, 5.74) is 7.07. The van der Waals surface area contributed by atoms with Crippen LogP contribution >= 0.6 is 23.6 Å². The monoisotopic (exact) mass is 332 g/mol. The van der Waals surface area contributed by atoms with Gasteiger partial charge in [0.05, 0.1) is 12.1 Å². The molecule has 0 radical (unpaired) electrons. The van der Waals surface area contributed by atoms with Crippen molar-refractivity contribution in [2.24, 2.45) is 0 Å². The molecule has 0 aliphatic carbocycles. The first-order valence-corrected chi connectivity index (χ1v) is 7.91. The predicted octanol–water partition coefficient (Wildman–Crippen LogP) is 2.03. The van der Waals surface area contributed by atoms with Crippen molar-refractivity contribution in [1.82, 2.24) is 21.2 Å². The minimum Gasteiger partial charge on any atom is -0.358 e. The number of hydrogen-bond donors (Lipinski definition) is 3. The number of aromatic nitrogens is 1. The third-order valence-electron chi connectivity index (χ3n) is 2.66. The van der Waals surface area contributed by atoms with Gasteiger partial charge in [0.15, 0.2) is 5.11 Å². The van der Waals surface area contributed by atoms with Gasteiger partial charge in [0.25, 0.3) is 0 Å². The molecule has 2 rings (SSSR count). The van der Waals surface area contributed by atoms with Crippen molar-refractivity contribution < 1.29 is 4.79 Å². The number of carbonyl (C=O) groups excluding carboxylic acids is 1. The molecular weight excluding hydrogens is 316 g/mol. The van der Waals surface area contributed by atoms with Crippen LogP contribution in [0.5, 0.6) is 0 Å². The summed E-state index contributed by atoms with van der Waals surface area (Å²) in [5, 5.41) is 5.90. The van der Waals surface area contributed by atoms with Crippen LogP contribution in [0.15, 0.2) is 48.4 Å². The van der Waals surface area contributed by atoms with Crippen LogP contribution in [0, 0.1) is 0 Å². The number of thiazole rings is 1. The molecule has 7 heteroatoms. The predicted molar refractivity (Wildman–Crippen MR) is 93.3 cm³/mol. The number of benzene rings is 1. The molecule has 114 valence electrons. The van der Waals surface area contributed by atoms with E-state index < -0.39 is 0 Å². The number of hydrazine groups is 1. The van der Waals surface area contributed by atoms with Gasteiger partial charge in [-0.15, -0.1) is 17.9 Å². The summed E-state index contributed by atoms with van der Waals surface area (Å²) in [6, 6.07) is 9.86. The van der Waals surface area contributed by atoms with Crippen molar-refractivity contribution in [2.45, 2.75) is 6.42 Å². The lowest BCUT2D eigenvalue weighted by atomic mass is 10.2. The minimum absolute atomic E-state index is 0.197. The second kappa shape index (κ2) is 8.26. The van der Waals surface area contributed by atoms with Gasteiger partial charge in [0, 0.05) is 17.5 Å². The molecule has 0 saturated heterocycles. The van der Waals surface area contributed by atoms with Crippen molar-refractivity contribution >= 4 is 34.6 Å². The molecular formula is C15H16N4OS2. The fourth-order valence-corrected chi connectivity index (χ4v) is 2.59. The second-order valence-electron chi connectivity index (χ2n) is 4.34. The van der Waals surface area contributed by atoms with Crippen molar-refractivity contribution in [1.29, 1.82) is 0 Å². The summed E-state index contributed by atoms with van der Waals surface area (Å²) in [7, 11) is 0. The first kappa shape index (κ1) is 16.1. The Kier molecular flexibility index (Phi) is 6.05. The Labute approximate surface area is 138 Å². The van der Waals surface area contributed by atoms with Gasteiger partial charge in [-0.25, -0.2) is 4.98 Å². The van der Waals surface area contributed by atoms with Crippen LogP contribution < -0.4 is 16.2 Å². The first-order valence-electron chi connectivity index (χ1n) is 6.62. The molecule has 1 amide bonds. The molecule has 1 aromatic carbocycles. The SMILES string of the molecule is C=CCNC(=S)NNC(=O)Cc1nc(-c2ccccc2)cs1. The summed E-state index contributed by atoms with van der Waals surface area (Å²) in [6.45, 7) is 4.10. The topological polar surface area (TPSA) is 66.0 Å². The summed E-state index contributed by atoms with van der Waals surface area (Å²) in [4.78, 5) is 16.3. The lowest BCUT2D eigenvalue weighted by Crippen LogP contribution is -2.47. The van der Waals surface area contributed by atoms with E-state index in [1.807, 2.05) is 35.7 Å². The van der Waals surface area contributed by atoms with Crippen LogP contribution in [-0.2, 0) is 11.2 Å². The Balaban J connectivity index is 1.84. The number of nitrogens with zero attached hydrogens (tertiary/aromatic N) is 1. The summed E-state index contributed by atoms with van der Waals surface area (Å²) < 4.78 is 0. The maximum atomic E-state index is 11.8. The Hall–Kier alpha value is -2.25. The van der Waals surface area contributed by atoms with Crippen LogP contribution in [-0.4, -0.2) is 22.5 Å². The van der Waals surface area contributed by atoms with Crippen molar-refractivity contribution in [3.63, 3.8) is 0 Å². The van der Waals surface area contributed by atoms with Gasteiger partial charge in [-0.2, -0.15) is 0 Å². The highest BCUT2D eigenvalue weighted by molar-refractivity contribution is 7.80. The summed E-state index contributed by atoms with van der Waals surface area (Å²) >= 11 is 6.43. The molecule has 1 aromatic heterocycles. The molecule has 2 aromatic rings. The van der Waals surface area contributed by atoms with Crippen molar-refractivity contribution in [3.8, 4) is 11.3 Å². The first-order chi connectivity index (χ1) is 10.7. The Bertz CT molecular complexity index is 655. The number of thiocarbonyl (C=S) groups is 1. The average molecular weight is 332 g/mol. The van der Waals surface area contributed by atoms with Gasteiger partial charge < -0.3 is 5.32 Å². The summed E-state index contributed by atoms with van der Waals surface area (Å²) in [5.74, 6) is -0.197. The zero-order valence-corrected chi connectivity index (χ0v) is 13.5. The standard InChI is InChI=1S/C15H16N4OS2/c1-2-8-16-15(21)19-18-13(20)9-14-17-12(10-22-14)11-6-4-3-5-7-11/h2-7,10H,1,8-9H2,(H,18,20)(H2,16,19,21). The lowest BCUT2D eigenvalue weighted by molar-refractivity contribution is -0.121. The zero-order chi connectivity index (χ0) is 15.8. The van der Waals surface area contributed by atoms with E-state index in [0.717, 1.165) is 16.3 Å². The van der Waals surface area contributed by atoms with Crippen LogP contribution in [0.25, 0.3) is 11.3 Å². The van der Waals surface area contributed by atoms with E-state index >= 15 is 0 Å². The third-order valence-corrected chi connectivity index (χ3v) is 3.75. The largest absolute Gasteiger partial charge is 0.358 e. The zero-order valence-electron chi connectivity index (χ0n) is 11.8. The van der Waals surface area contributed by atoms with E-state index in [-0.39, 0.29) is 12.3 Å². The molecule has 5 nitrogen and oxygen atoms in total. The van der Waals surface area contributed by atoms with Crippen molar-refractivity contribution in [2.75, 3.05) is 6.54 Å². The number of rotatable bonds is 5. The fraction of sp³-hybridized carbons (Fsp3) is 0.133. The van der Waals surface area contributed by atoms with E-state index in [2.05, 4.69) is 27.7 Å². The summed E-state index contributed by atoms with van der Waals surface area (Å²) in [6.07, 6.45) is 1.88. The maximum Gasteiger partial charge on any atom is 0.245 e. The van der Waals surface area contributed by atoms with Gasteiger partial charge >= 0.3 is 0 Å². The molecule has 3 N–H and O–H groups in total. The molecule has 0 bridgehead atoms. The van der Waals surface area contributed by atoms with E-state index in [0.29, 0.717) is 11.7 Å².